The number of carbonyl (C=O) groups is 2. The van der Waals surface area contributed by atoms with E-state index in [2.05, 4.69) is 15.6 Å². The van der Waals surface area contributed by atoms with Gasteiger partial charge in [-0.2, -0.15) is 0 Å². The first kappa shape index (κ1) is 16.2. The second-order valence-corrected chi connectivity index (χ2v) is 4.67. The van der Waals surface area contributed by atoms with Gasteiger partial charge in [0.05, 0.1) is 18.5 Å². The maximum absolute atomic E-state index is 11.9. The molecule has 2 amide bonds. The maximum atomic E-state index is 11.9. The lowest BCUT2D eigenvalue weighted by molar-refractivity contribution is -0.114. The minimum absolute atomic E-state index is 0.196. The van der Waals surface area contributed by atoms with E-state index in [1.54, 1.807) is 42.6 Å². The van der Waals surface area contributed by atoms with Crippen molar-refractivity contribution in [2.45, 2.75) is 6.92 Å². The van der Waals surface area contributed by atoms with Gasteiger partial charge in [0.25, 0.3) is 0 Å². The third kappa shape index (κ3) is 4.96. The minimum Gasteiger partial charge on any atom is -0.494 e. The Balaban J connectivity index is 2.06. The fourth-order valence-corrected chi connectivity index (χ4v) is 1.88. The Bertz CT molecular complexity index is 727. The number of pyridine rings is 1. The molecule has 0 saturated carbocycles. The van der Waals surface area contributed by atoms with Crippen molar-refractivity contribution in [1.82, 2.24) is 4.98 Å². The van der Waals surface area contributed by atoms with Gasteiger partial charge >= 0.3 is 0 Å². The zero-order valence-electron chi connectivity index (χ0n) is 12.9. The first-order valence-electron chi connectivity index (χ1n) is 6.94. The first-order chi connectivity index (χ1) is 11.1. The van der Waals surface area contributed by atoms with Gasteiger partial charge in [0.2, 0.25) is 11.8 Å². The molecule has 1 aromatic carbocycles. The van der Waals surface area contributed by atoms with Crippen LogP contribution in [0.4, 0.5) is 11.4 Å². The second-order valence-electron chi connectivity index (χ2n) is 4.67. The molecular formula is C17H17N3O3. The Morgan fingerprint density at radius 3 is 2.65 bits per heavy atom. The van der Waals surface area contributed by atoms with E-state index in [0.29, 0.717) is 22.8 Å². The molecule has 0 unspecified atom stereocenters. The fraction of sp³-hybridized carbons (Fsp3) is 0.118. The summed E-state index contributed by atoms with van der Waals surface area (Å²) in [6.07, 6.45) is 4.68. The van der Waals surface area contributed by atoms with Crippen LogP contribution in [-0.4, -0.2) is 23.9 Å². The van der Waals surface area contributed by atoms with Crippen LogP contribution in [0.25, 0.3) is 6.08 Å². The van der Waals surface area contributed by atoms with Gasteiger partial charge in [-0.25, -0.2) is 0 Å². The van der Waals surface area contributed by atoms with Crippen LogP contribution in [0, 0.1) is 0 Å². The average molecular weight is 311 g/mol. The highest BCUT2D eigenvalue weighted by molar-refractivity contribution is 6.02. The van der Waals surface area contributed by atoms with E-state index in [-0.39, 0.29) is 11.8 Å². The Labute approximate surface area is 134 Å². The summed E-state index contributed by atoms with van der Waals surface area (Å²) in [5.41, 5.74) is 1.80. The number of carbonyl (C=O) groups excluding carboxylic acids is 2. The standard InChI is InChI=1S/C17H17N3O3/c1-12(21)19-15-8-6-14(11-16(15)23-2)20-17(22)9-7-13-5-3-4-10-18-13/h3-11H,1-2H3,(H,19,21)(H,20,22)/b9-7+. The molecule has 2 rings (SSSR count). The number of nitrogens with one attached hydrogen (secondary N) is 2. The lowest BCUT2D eigenvalue weighted by Gasteiger charge is -2.11. The molecule has 0 aliphatic rings. The highest BCUT2D eigenvalue weighted by Gasteiger charge is 2.07. The largest absolute Gasteiger partial charge is 0.494 e. The van der Waals surface area contributed by atoms with Crippen molar-refractivity contribution in [2.24, 2.45) is 0 Å². The second kappa shape index (κ2) is 7.74. The molecule has 23 heavy (non-hydrogen) atoms. The molecule has 0 saturated heterocycles. The van der Waals surface area contributed by atoms with E-state index in [0.717, 1.165) is 0 Å². The topological polar surface area (TPSA) is 80.3 Å². The lowest BCUT2D eigenvalue weighted by atomic mass is 10.2. The van der Waals surface area contributed by atoms with Crippen molar-refractivity contribution in [1.29, 1.82) is 0 Å². The van der Waals surface area contributed by atoms with Gasteiger partial charge in [0.1, 0.15) is 5.75 Å². The molecule has 2 N–H and O–H groups in total. The number of methoxy groups -OCH3 is 1. The molecule has 118 valence electrons. The van der Waals surface area contributed by atoms with Crippen LogP contribution in [0.15, 0.2) is 48.7 Å². The molecule has 1 aromatic heterocycles. The zero-order chi connectivity index (χ0) is 16.7. The normalized spacial score (nSPS) is 10.3. The Morgan fingerprint density at radius 2 is 2.00 bits per heavy atom. The number of benzene rings is 1. The molecule has 2 aromatic rings. The first-order valence-corrected chi connectivity index (χ1v) is 6.94. The molecule has 0 radical (unpaired) electrons. The van der Waals surface area contributed by atoms with Crippen LogP contribution in [-0.2, 0) is 9.59 Å². The van der Waals surface area contributed by atoms with Crippen LogP contribution in [0.2, 0.25) is 0 Å². The molecule has 6 heteroatoms. The summed E-state index contributed by atoms with van der Waals surface area (Å²) in [4.78, 5) is 27.1. The summed E-state index contributed by atoms with van der Waals surface area (Å²) < 4.78 is 5.20. The summed E-state index contributed by atoms with van der Waals surface area (Å²) in [6, 6.07) is 10.4. The third-order valence-electron chi connectivity index (χ3n) is 2.87. The van der Waals surface area contributed by atoms with Gasteiger partial charge in [0.15, 0.2) is 0 Å². The van der Waals surface area contributed by atoms with E-state index in [9.17, 15) is 9.59 Å². The van der Waals surface area contributed by atoms with Crippen LogP contribution in [0.5, 0.6) is 5.75 Å². The highest BCUT2D eigenvalue weighted by atomic mass is 16.5. The molecule has 0 bridgehead atoms. The monoisotopic (exact) mass is 311 g/mol. The molecule has 0 spiro atoms. The number of aromatic nitrogens is 1. The minimum atomic E-state index is -0.287. The highest BCUT2D eigenvalue weighted by Crippen LogP contribution is 2.27. The van der Waals surface area contributed by atoms with Crippen molar-refractivity contribution in [2.75, 3.05) is 17.7 Å². The molecule has 0 fully saturated rings. The number of rotatable bonds is 5. The van der Waals surface area contributed by atoms with Crippen molar-refractivity contribution in [3.8, 4) is 5.75 Å². The Morgan fingerprint density at radius 1 is 1.17 bits per heavy atom. The van der Waals surface area contributed by atoms with Crippen molar-refractivity contribution in [3.05, 3.63) is 54.4 Å². The van der Waals surface area contributed by atoms with E-state index in [1.165, 1.54) is 20.1 Å². The number of hydrogen-bond acceptors (Lipinski definition) is 4. The third-order valence-corrected chi connectivity index (χ3v) is 2.87. The van der Waals surface area contributed by atoms with Crippen molar-refractivity contribution in [3.63, 3.8) is 0 Å². The van der Waals surface area contributed by atoms with Crippen LogP contribution in [0.3, 0.4) is 0 Å². The van der Waals surface area contributed by atoms with Crippen LogP contribution < -0.4 is 15.4 Å². The number of anilines is 2. The van der Waals surface area contributed by atoms with E-state index in [1.807, 2.05) is 6.07 Å². The van der Waals surface area contributed by atoms with Crippen LogP contribution >= 0.6 is 0 Å². The summed E-state index contributed by atoms with van der Waals surface area (Å²) in [5, 5.41) is 5.37. The summed E-state index contributed by atoms with van der Waals surface area (Å²) in [7, 11) is 1.49. The lowest BCUT2D eigenvalue weighted by Crippen LogP contribution is -2.10. The molecule has 0 aliphatic carbocycles. The maximum Gasteiger partial charge on any atom is 0.248 e. The number of ether oxygens (including phenoxy) is 1. The summed E-state index contributed by atoms with van der Waals surface area (Å²) in [5.74, 6) is -0.0185. The van der Waals surface area contributed by atoms with E-state index in [4.69, 9.17) is 4.74 Å². The predicted molar refractivity (Wildman–Crippen MR) is 89.2 cm³/mol. The molecule has 0 atom stereocenters. The van der Waals surface area contributed by atoms with Gasteiger partial charge < -0.3 is 15.4 Å². The number of nitrogens with zero attached hydrogens (tertiary/aromatic N) is 1. The van der Waals surface area contributed by atoms with E-state index >= 15 is 0 Å². The molecule has 1 heterocycles. The number of hydrogen-bond donors (Lipinski definition) is 2. The molecular weight excluding hydrogens is 294 g/mol. The van der Waals surface area contributed by atoms with Crippen molar-refractivity contribution >= 4 is 29.3 Å². The van der Waals surface area contributed by atoms with Gasteiger partial charge in [-0.15, -0.1) is 0 Å². The fourth-order valence-electron chi connectivity index (χ4n) is 1.88. The molecule has 0 aliphatic heterocycles. The predicted octanol–water partition coefficient (Wildman–Crippen LogP) is 2.70. The number of amides is 2. The van der Waals surface area contributed by atoms with E-state index < -0.39 is 0 Å². The Kier molecular flexibility index (Phi) is 5.46. The average Bonchev–Trinajstić information content (AvgIpc) is 2.55. The van der Waals surface area contributed by atoms with Gasteiger partial charge in [-0.3, -0.25) is 14.6 Å². The molecule has 6 nitrogen and oxygen atoms in total. The van der Waals surface area contributed by atoms with Gasteiger partial charge in [-0.05, 0) is 30.3 Å². The summed E-state index contributed by atoms with van der Waals surface area (Å²) >= 11 is 0. The summed E-state index contributed by atoms with van der Waals surface area (Å²) in [6.45, 7) is 1.41. The smallest absolute Gasteiger partial charge is 0.248 e. The van der Waals surface area contributed by atoms with Gasteiger partial charge in [-0.1, -0.05) is 6.07 Å². The zero-order valence-corrected chi connectivity index (χ0v) is 12.9. The SMILES string of the molecule is COc1cc(NC(=O)/C=C/c2ccccn2)ccc1NC(C)=O. The van der Waals surface area contributed by atoms with Crippen LogP contribution in [0.1, 0.15) is 12.6 Å². The van der Waals surface area contributed by atoms with Gasteiger partial charge in [0, 0.05) is 31.0 Å². The van der Waals surface area contributed by atoms with Crippen molar-refractivity contribution < 1.29 is 14.3 Å². The Hall–Kier alpha value is -3.15. The quantitative estimate of drug-likeness (QED) is 0.832.